The summed E-state index contributed by atoms with van der Waals surface area (Å²) in [5.74, 6) is 0.664. The summed E-state index contributed by atoms with van der Waals surface area (Å²) in [5, 5.41) is 8.26. The molecule has 108 valence electrons. The van der Waals surface area contributed by atoms with Crippen LogP contribution in [-0.2, 0) is 13.6 Å². The first-order chi connectivity index (χ1) is 8.93. The first-order valence-electron chi connectivity index (χ1n) is 7.41. The van der Waals surface area contributed by atoms with Gasteiger partial charge in [0.1, 0.15) is 0 Å². The fourth-order valence-corrected chi connectivity index (χ4v) is 2.92. The van der Waals surface area contributed by atoms with E-state index in [4.69, 9.17) is 0 Å². The van der Waals surface area contributed by atoms with E-state index < -0.39 is 0 Å². The fourth-order valence-electron chi connectivity index (χ4n) is 2.92. The number of piperazine rings is 1. The van der Waals surface area contributed by atoms with Crippen molar-refractivity contribution in [1.82, 2.24) is 20.0 Å². The maximum Gasteiger partial charge on any atom is 0.0764 e. The van der Waals surface area contributed by atoms with Gasteiger partial charge in [0.05, 0.1) is 5.69 Å². The Balaban J connectivity index is 2.11. The van der Waals surface area contributed by atoms with Gasteiger partial charge in [-0.1, -0.05) is 20.8 Å². The first kappa shape index (κ1) is 14.5. The highest BCUT2D eigenvalue weighted by atomic mass is 15.3. The zero-order valence-corrected chi connectivity index (χ0v) is 13.0. The molecule has 4 heteroatoms. The number of hydrogen-bond donors (Lipinski definition) is 1. The predicted molar refractivity (Wildman–Crippen MR) is 78.9 cm³/mol. The van der Waals surface area contributed by atoms with E-state index in [0.29, 0.717) is 12.0 Å². The minimum Gasteiger partial charge on any atom is -0.309 e. The minimum absolute atomic E-state index is 0.236. The summed E-state index contributed by atoms with van der Waals surface area (Å²) in [7, 11) is 1.98. The average molecular weight is 264 g/mol. The van der Waals surface area contributed by atoms with Crippen LogP contribution in [0.25, 0.3) is 0 Å². The number of nitrogens with zero attached hydrogens (tertiary/aromatic N) is 3. The zero-order chi connectivity index (χ0) is 14.0. The van der Waals surface area contributed by atoms with Crippen LogP contribution in [0.15, 0.2) is 12.3 Å². The largest absolute Gasteiger partial charge is 0.309 e. The Hall–Kier alpha value is -0.870. The summed E-state index contributed by atoms with van der Waals surface area (Å²) in [6.45, 7) is 12.4. The van der Waals surface area contributed by atoms with E-state index in [1.54, 1.807) is 0 Å². The third kappa shape index (κ3) is 3.37. The summed E-state index contributed by atoms with van der Waals surface area (Å²) in [6.07, 6.45) is 3.19. The number of nitrogens with one attached hydrogen (secondary N) is 1. The number of rotatable bonds is 4. The van der Waals surface area contributed by atoms with E-state index in [0.717, 1.165) is 26.1 Å². The Bertz CT molecular complexity index is 412. The topological polar surface area (TPSA) is 33.1 Å². The second-order valence-electron chi connectivity index (χ2n) is 6.49. The normalized spacial score (nSPS) is 29.1. The maximum atomic E-state index is 4.53. The lowest BCUT2D eigenvalue weighted by molar-refractivity contribution is 0.0528. The molecular weight excluding hydrogens is 236 g/mol. The van der Waals surface area contributed by atoms with Crippen molar-refractivity contribution < 1.29 is 0 Å². The smallest absolute Gasteiger partial charge is 0.0764 e. The second-order valence-corrected chi connectivity index (χ2v) is 6.49. The number of aromatic nitrogens is 2. The second kappa shape index (κ2) is 5.63. The average Bonchev–Trinajstić information content (AvgIpc) is 2.74. The van der Waals surface area contributed by atoms with Crippen LogP contribution in [0.4, 0.5) is 0 Å². The van der Waals surface area contributed by atoms with Gasteiger partial charge in [-0.3, -0.25) is 9.58 Å². The molecule has 0 spiro atoms. The summed E-state index contributed by atoms with van der Waals surface area (Å²) < 4.78 is 1.89. The van der Waals surface area contributed by atoms with Crippen LogP contribution in [0.5, 0.6) is 0 Å². The third-order valence-corrected chi connectivity index (χ3v) is 4.44. The molecule has 0 aromatic carbocycles. The molecule has 0 radical (unpaired) electrons. The van der Waals surface area contributed by atoms with Crippen LogP contribution < -0.4 is 5.32 Å². The van der Waals surface area contributed by atoms with E-state index in [1.807, 2.05) is 17.9 Å². The van der Waals surface area contributed by atoms with E-state index >= 15 is 0 Å². The Morgan fingerprint density at radius 3 is 2.79 bits per heavy atom. The standard InChI is InChI=1S/C15H28N4/c1-6-15(4)11-19(14(9-16-15)12(2)3)10-13-7-8-18(5)17-13/h7-8,12,14,16H,6,9-11H2,1-5H3. The third-order valence-electron chi connectivity index (χ3n) is 4.44. The molecular formula is C15H28N4. The highest BCUT2D eigenvalue weighted by molar-refractivity contribution is 5.02. The minimum atomic E-state index is 0.236. The van der Waals surface area contributed by atoms with Crippen molar-refractivity contribution in [1.29, 1.82) is 0 Å². The molecule has 2 heterocycles. The summed E-state index contributed by atoms with van der Waals surface area (Å²) >= 11 is 0. The van der Waals surface area contributed by atoms with Crippen molar-refractivity contribution in [2.24, 2.45) is 13.0 Å². The summed E-state index contributed by atoms with van der Waals surface area (Å²) in [4.78, 5) is 2.60. The highest BCUT2D eigenvalue weighted by Gasteiger charge is 2.35. The molecule has 2 atom stereocenters. The highest BCUT2D eigenvalue weighted by Crippen LogP contribution is 2.24. The molecule has 1 aromatic heterocycles. The van der Waals surface area contributed by atoms with Crippen molar-refractivity contribution >= 4 is 0 Å². The number of hydrogen-bond acceptors (Lipinski definition) is 3. The molecule has 1 saturated heterocycles. The van der Waals surface area contributed by atoms with Crippen molar-refractivity contribution in [3.8, 4) is 0 Å². The molecule has 1 aromatic rings. The van der Waals surface area contributed by atoms with Crippen LogP contribution in [0, 0.1) is 5.92 Å². The molecule has 1 aliphatic rings. The molecule has 4 nitrogen and oxygen atoms in total. The van der Waals surface area contributed by atoms with E-state index in [-0.39, 0.29) is 5.54 Å². The van der Waals surface area contributed by atoms with Crippen molar-refractivity contribution in [3.05, 3.63) is 18.0 Å². The van der Waals surface area contributed by atoms with Gasteiger partial charge in [-0.05, 0) is 25.3 Å². The molecule has 2 unspecified atom stereocenters. The quantitative estimate of drug-likeness (QED) is 0.903. The van der Waals surface area contributed by atoms with Crippen LogP contribution in [0.2, 0.25) is 0 Å². The van der Waals surface area contributed by atoms with E-state index in [1.165, 1.54) is 5.69 Å². The van der Waals surface area contributed by atoms with Crippen LogP contribution in [0.3, 0.4) is 0 Å². The van der Waals surface area contributed by atoms with Crippen molar-refractivity contribution in [3.63, 3.8) is 0 Å². The van der Waals surface area contributed by atoms with E-state index in [2.05, 4.69) is 49.1 Å². The molecule has 1 fully saturated rings. The van der Waals surface area contributed by atoms with E-state index in [9.17, 15) is 0 Å². The molecule has 1 aliphatic heterocycles. The molecule has 0 amide bonds. The lowest BCUT2D eigenvalue weighted by atomic mass is 9.90. The first-order valence-corrected chi connectivity index (χ1v) is 7.41. The monoisotopic (exact) mass is 264 g/mol. The van der Waals surface area contributed by atoms with Crippen molar-refractivity contribution in [2.75, 3.05) is 13.1 Å². The van der Waals surface area contributed by atoms with Crippen LogP contribution >= 0.6 is 0 Å². The van der Waals surface area contributed by atoms with Gasteiger partial charge in [-0.25, -0.2) is 0 Å². The fraction of sp³-hybridized carbons (Fsp3) is 0.800. The molecule has 2 rings (SSSR count). The molecule has 0 aliphatic carbocycles. The molecule has 0 saturated carbocycles. The van der Waals surface area contributed by atoms with Crippen LogP contribution in [0.1, 0.15) is 39.8 Å². The van der Waals surface area contributed by atoms with Gasteiger partial charge in [0.2, 0.25) is 0 Å². The van der Waals surface area contributed by atoms with Gasteiger partial charge in [0.15, 0.2) is 0 Å². The number of aryl methyl sites for hydroxylation is 1. The molecule has 1 N–H and O–H groups in total. The van der Waals surface area contributed by atoms with Gasteiger partial charge in [-0.15, -0.1) is 0 Å². The Labute approximate surface area is 117 Å². The lowest BCUT2D eigenvalue weighted by Gasteiger charge is -2.47. The van der Waals surface area contributed by atoms with Gasteiger partial charge < -0.3 is 5.32 Å². The summed E-state index contributed by atoms with van der Waals surface area (Å²) in [5.41, 5.74) is 1.41. The lowest BCUT2D eigenvalue weighted by Crippen LogP contribution is -2.63. The van der Waals surface area contributed by atoms with Gasteiger partial charge in [0, 0.05) is 44.5 Å². The van der Waals surface area contributed by atoms with Gasteiger partial charge >= 0.3 is 0 Å². The maximum absolute atomic E-state index is 4.53. The summed E-state index contributed by atoms with van der Waals surface area (Å²) in [6, 6.07) is 2.73. The molecule has 19 heavy (non-hydrogen) atoms. The molecule has 0 bridgehead atoms. The SMILES string of the molecule is CCC1(C)CN(Cc2ccn(C)n2)C(C(C)C)CN1. The van der Waals surface area contributed by atoms with Gasteiger partial charge in [0.25, 0.3) is 0 Å². The Kier molecular flexibility index (Phi) is 4.31. The predicted octanol–water partition coefficient (Wildman–Crippen LogP) is 2.02. The Morgan fingerprint density at radius 2 is 2.26 bits per heavy atom. The van der Waals surface area contributed by atoms with Crippen molar-refractivity contribution in [2.45, 2.75) is 52.2 Å². The van der Waals surface area contributed by atoms with Crippen LogP contribution in [-0.4, -0.2) is 39.4 Å². The Morgan fingerprint density at radius 1 is 1.53 bits per heavy atom. The zero-order valence-electron chi connectivity index (χ0n) is 13.0. The van der Waals surface area contributed by atoms with Gasteiger partial charge in [-0.2, -0.15) is 5.10 Å².